The highest BCUT2D eigenvalue weighted by Crippen LogP contribution is 2.43. The van der Waals surface area contributed by atoms with Gasteiger partial charge < -0.3 is 25.1 Å². The van der Waals surface area contributed by atoms with Gasteiger partial charge in [0.25, 0.3) is 5.91 Å². The lowest BCUT2D eigenvalue weighted by molar-refractivity contribution is -0.0574. The number of nitrogens with zero attached hydrogens (tertiary/aromatic N) is 3. The van der Waals surface area contributed by atoms with Crippen molar-refractivity contribution in [1.29, 1.82) is 0 Å². The van der Waals surface area contributed by atoms with E-state index in [1.165, 1.54) is 11.0 Å². The molecule has 1 aromatic rings. The summed E-state index contributed by atoms with van der Waals surface area (Å²) in [5, 5.41) is 24.7. The number of carbonyl (C=O) groups excluding carboxylic acids is 1. The second kappa shape index (κ2) is 8.35. The molecule has 1 amide bonds. The van der Waals surface area contributed by atoms with Crippen molar-refractivity contribution in [2.24, 2.45) is 5.73 Å². The third-order valence-electron chi connectivity index (χ3n) is 5.53. The third-order valence-corrected chi connectivity index (χ3v) is 11.6. The van der Waals surface area contributed by atoms with Crippen LogP contribution in [0, 0.1) is 0 Å². The second-order valence-electron chi connectivity index (χ2n) is 8.09. The highest BCUT2D eigenvalue weighted by atomic mass is 28.4. The lowest BCUT2D eigenvalue weighted by Crippen LogP contribution is -2.50. The molecule has 4 atom stereocenters. The molecule has 154 valence electrons. The van der Waals surface area contributed by atoms with E-state index >= 15 is 0 Å². The first-order chi connectivity index (χ1) is 12.5. The molecule has 2 heterocycles. The molecule has 0 bridgehead atoms. The number of primary amides is 1. The number of amides is 1. The molecule has 0 radical (unpaired) electrons. The van der Waals surface area contributed by atoms with Crippen LogP contribution in [0.2, 0.25) is 16.6 Å². The minimum absolute atomic E-state index is 0.175. The fourth-order valence-corrected chi connectivity index (χ4v) is 9.78. The minimum Gasteiger partial charge on any atom is -0.413 e. The van der Waals surface area contributed by atoms with E-state index < -0.39 is 38.8 Å². The van der Waals surface area contributed by atoms with Crippen molar-refractivity contribution in [3.63, 3.8) is 0 Å². The highest BCUT2D eigenvalue weighted by Gasteiger charge is 2.49. The summed E-state index contributed by atoms with van der Waals surface area (Å²) in [6, 6.07) is 0. The van der Waals surface area contributed by atoms with Gasteiger partial charge in [-0.15, -0.1) is 5.10 Å². The van der Waals surface area contributed by atoms with Gasteiger partial charge in [-0.05, 0) is 16.6 Å². The Morgan fingerprint density at radius 2 is 1.78 bits per heavy atom. The van der Waals surface area contributed by atoms with Crippen LogP contribution in [0.5, 0.6) is 0 Å². The number of aromatic nitrogens is 3. The van der Waals surface area contributed by atoms with E-state index in [1.54, 1.807) is 0 Å². The maximum absolute atomic E-state index is 11.2. The molecule has 0 spiro atoms. The quantitative estimate of drug-likeness (QED) is 0.558. The SMILES string of the molecule is CC(C)[Si](OC[C@@H]1O[C@H](n2cnc(C(N)=O)n2)[C@@H](O)[C@H]1O)(C(C)C)C(C)C. The second-order valence-corrected chi connectivity index (χ2v) is 13.5. The van der Waals surface area contributed by atoms with Gasteiger partial charge in [0.05, 0.1) is 6.61 Å². The van der Waals surface area contributed by atoms with Crippen LogP contribution < -0.4 is 5.73 Å². The number of aliphatic hydroxyl groups excluding tert-OH is 2. The maximum atomic E-state index is 11.2. The zero-order valence-electron chi connectivity index (χ0n) is 16.9. The minimum atomic E-state index is -2.13. The Balaban J connectivity index is 2.14. The van der Waals surface area contributed by atoms with Crippen LogP contribution in [0.25, 0.3) is 0 Å². The van der Waals surface area contributed by atoms with Crippen molar-refractivity contribution in [2.45, 2.75) is 82.7 Å². The Labute approximate surface area is 161 Å². The van der Waals surface area contributed by atoms with Gasteiger partial charge in [-0.1, -0.05) is 41.5 Å². The van der Waals surface area contributed by atoms with Gasteiger partial charge in [-0.3, -0.25) is 4.79 Å². The van der Waals surface area contributed by atoms with E-state index in [4.69, 9.17) is 14.9 Å². The Hall–Kier alpha value is -1.33. The van der Waals surface area contributed by atoms with Gasteiger partial charge in [0.1, 0.15) is 24.6 Å². The average Bonchev–Trinajstić information content (AvgIpc) is 3.15. The largest absolute Gasteiger partial charge is 0.413 e. The summed E-state index contributed by atoms with van der Waals surface area (Å²) in [6.07, 6.45) is -2.75. The molecule has 0 unspecified atom stereocenters. The molecular formula is C17H32N4O5Si. The van der Waals surface area contributed by atoms with Gasteiger partial charge in [0.2, 0.25) is 5.82 Å². The van der Waals surface area contributed by atoms with Crippen molar-refractivity contribution in [3.05, 3.63) is 12.2 Å². The van der Waals surface area contributed by atoms with Gasteiger partial charge in [-0.2, -0.15) is 0 Å². The van der Waals surface area contributed by atoms with Crippen LogP contribution in [-0.2, 0) is 9.16 Å². The van der Waals surface area contributed by atoms with Crippen molar-refractivity contribution in [2.75, 3.05) is 6.61 Å². The first kappa shape index (κ1) is 22.0. The Morgan fingerprint density at radius 1 is 1.22 bits per heavy atom. The van der Waals surface area contributed by atoms with Gasteiger partial charge in [0.15, 0.2) is 14.5 Å². The summed E-state index contributed by atoms with van der Waals surface area (Å²) in [5.74, 6) is -0.950. The molecule has 10 heteroatoms. The molecular weight excluding hydrogens is 368 g/mol. The van der Waals surface area contributed by atoms with Crippen LogP contribution in [-0.4, -0.2) is 64.1 Å². The van der Waals surface area contributed by atoms with E-state index in [1.807, 2.05) is 0 Å². The fourth-order valence-electron chi connectivity index (χ4n) is 4.32. The van der Waals surface area contributed by atoms with E-state index in [2.05, 4.69) is 51.6 Å². The van der Waals surface area contributed by atoms with Crippen LogP contribution in [0.15, 0.2) is 6.33 Å². The summed E-state index contributed by atoms with van der Waals surface area (Å²) in [5.41, 5.74) is 6.33. The Bertz CT molecular complexity index is 629. The van der Waals surface area contributed by atoms with E-state index in [0.29, 0.717) is 16.6 Å². The number of hydrogen-bond donors (Lipinski definition) is 3. The van der Waals surface area contributed by atoms with Gasteiger partial charge in [-0.25, -0.2) is 9.67 Å². The topological polar surface area (TPSA) is 133 Å². The zero-order valence-corrected chi connectivity index (χ0v) is 17.9. The normalized spacial score (nSPS) is 26.5. The number of nitrogens with two attached hydrogens (primary N) is 1. The van der Waals surface area contributed by atoms with Crippen molar-refractivity contribution >= 4 is 14.2 Å². The number of ether oxygens (including phenoxy) is 1. The number of carbonyl (C=O) groups is 1. The monoisotopic (exact) mass is 400 g/mol. The summed E-state index contributed by atoms with van der Waals surface area (Å²) in [7, 11) is -2.13. The molecule has 1 saturated heterocycles. The summed E-state index contributed by atoms with van der Waals surface area (Å²) < 4.78 is 13.5. The van der Waals surface area contributed by atoms with Crippen LogP contribution >= 0.6 is 0 Å². The van der Waals surface area contributed by atoms with Crippen molar-refractivity contribution in [3.8, 4) is 0 Å². The number of hydrogen-bond acceptors (Lipinski definition) is 7. The zero-order chi connectivity index (χ0) is 20.5. The van der Waals surface area contributed by atoms with E-state index in [9.17, 15) is 15.0 Å². The molecule has 0 aromatic carbocycles. The number of aliphatic hydroxyl groups is 2. The molecule has 1 aliphatic heterocycles. The lowest BCUT2D eigenvalue weighted by Gasteiger charge is -2.42. The molecule has 0 aliphatic carbocycles. The molecule has 4 N–H and O–H groups in total. The maximum Gasteiger partial charge on any atom is 0.288 e. The molecule has 1 aromatic heterocycles. The average molecular weight is 401 g/mol. The van der Waals surface area contributed by atoms with Gasteiger partial charge >= 0.3 is 0 Å². The molecule has 1 aliphatic rings. The smallest absolute Gasteiger partial charge is 0.288 e. The van der Waals surface area contributed by atoms with Crippen molar-refractivity contribution < 1.29 is 24.2 Å². The van der Waals surface area contributed by atoms with Crippen molar-refractivity contribution in [1.82, 2.24) is 14.8 Å². The van der Waals surface area contributed by atoms with E-state index in [0.717, 1.165) is 0 Å². The lowest BCUT2D eigenvalue weighted by atomic mass is 10.1. The summed E-state index contributed by atoms with van der Waals surface area (Å²) in [4.78, 5) is 14.9. The third kappa shape index (κ3) is 4.09. The summed E-state index contributed by atoms with van der Waals surface area (Å²) >= 11 is 0. The Morgan fingerprint density at radius 3 is 2.22 bits per heavy atom. The molecule has 9 nitrogen and oxygen atoms in total. The molecule has 27 heavy (non-hydrogen) atoms. The fraction of sp³-hybridized carbons (Fsp3) is 0.824. The predicted octanol–water partition coefficient (Wildman–Crippen LogP) is 1.19. The van der Waals surface area contributed by atoms with Crippen LogP contribution in [0.4, 0.5) is 0 Å². The van der Waals surface area contributed by atoms with E-state index in [-0.39, 0.29) is 12.4 Å². The van der Waals surface area contributed by atoms with Crippen LogP contribution in [0.1, 0.15) is 58.4 Å². The Kier molecular flexibility index (Phi) is 6.80. The standard InChI is InChI=1S/C17H32N4O5Si/c1-9(2)27(10(3)4,11(5)6)25-7-12-13(22)14(23)17(26-12)21-8-19-16(20-21)15(18)24/h8-14,17,22-23H,7H2,1-6H3,(H2,18,24)/t12-,13-,14-,17-/m0/s1. The molecule has 0 saturated carbocycles. The van der Waals surface area contributed by atoms with Crippen LogP contribution in [0.3, 0.4) is 0 Å². The predicted molar refractivity (Wildman–Crippen MR) is 101 cm³/mol. The highest BCUT2D eigenvalue weighted by molar-refractivity contribution is 6.77. The first-order valence-corrected chi connectivity index (χ1v) is 11.5. The first-order valence-electron chi connectivity index (χ1n) is 9.38. The molecule has 2 rings (SSSR count). The number of rotatable bonds is 8. The summed E-state index contributed by atoms with van der Waals surface area (Å²) in [6.45, 7) is 13.3. The molecule has 1 fully saturated rings. The van der Waals surface area contributed by atoms with Gasteiger partial charge in [0, 0.05) is 0 Å².